The molecule has 0 aliphatic rings. The fourth-order valence-corrected chi connectivity index (χ4v) is 4.29. The molecule has 4 aromatic rings. The van der Waals surface area contributed by atoms with Crippen LogP contribution in [0.25, 0.3) is 21.7 Å². The molecule has 2 heterocycles. The molecule has 2 aromatic carbocycles. The van der Waals surface area contributed by atoms with E-state index in [-0.39, 0.29) is 5.95 Å². The number of methoxy groups -OCH3 is 1. The molecule has 0 unspecified atom stereocenters. The van der Waals surface area contributed by atoms with Crippen LogP contribution in [0, 0.1) is 11.3 Å². The smallest absolute Gasteiger partial charge is 0.220 e. The zero-order valence-corrected chi connectivity index (χ0v) is 17.1. The summed E-state index contributed by atoms with van der Waals surface area (Å²) in [6, 6.07) is 21.9. The van der Waals surface area contributed by atoms with Crippen LogP contribution in [0.2, 0.25) is 0 Å². The zero-order valence-electron chi connectivity index (χ0n) is 16.3. The van der Waals surface area contributed by atoms with E-state index in [0.29, 0.717) is 17.8 Å². The van der Waals surface area contributed by atoms with E-state index < -0.39 is 0 Å². The van der Waals surface area contributed by atoms with E-state index in [4.69, 9.17) is 10.5 Å². The minimum absolute atomic E-state index is 0.193. The first-order chi connectivity index (χ1) is 14.7. The lowest BCUT2D eigenvalue weighted by atomic mass is 10.00. The molecular formula is C23H19N5OS. The summed E-state index contributed by atoms with van der Waals surface area (Å²) in [4.78, 5) is 9.24. The monoisotopic (exact) mass is 413 g/mol. The van der Waals surface area contributed by atoms with Gasteiger partial charge in [-0.15, -0.1) is 11.3 Å². The summed E-state index contributed by atoms with van der Waals surface area (Å²) < 4.78 is 5.27. The second-order valence-corrected chi connectivity index (χ2v) is 7.51. The first kappa shape index (κ1) is 19.4. The van der Waals surface area contributed by atoms with Crippen molar-refractivity contribution in [1.82, 2.24) is 9.97 Å². The van der Waals surface area contributed by atoms with Crippen molar-refractivity contribution in [3.05, 3.63) is 78.0 Å². The van der Waals surface area contributed by atoms with Crippen LogP contribution in [-0.4, -0.2) is 17.1 Å². The Bertz CT molecular complexity index is 1200. The highest BCUT2D eigenvalue weighted by molar-refractivity contribution is 7.20. The van der Waals surface area contributed by atoms with Gasteiger partial charge >= 0.3 is 0 Å². The number of thiophene rings is 1. The van der Waals surface area contributed by atoms with Gasteiger partial charge in [0.2, 0.25) is 5.95 Å². The fourth-order valence-electron chi connectivity index (χ4n) is 3.15. The van der Waals surface area contributed by atoms with Crippen molar-refractivity contribution in [2.75, 3.05) is 18.2 Å². The molecule has 0 saturated heterocycles. The third kappa shape index (κ3) is 3.95. The largest absolute Gasteiger partial charge is 0.497 e. The summed E-state index contributed by atoms with van der Waals surface area (Å²) in [5.74, 6) is 0.946. The average molecular weight is 414 g/mol. The Morgan fingerprint density at radius 1 is 1.10 bits per heavy atom. The van der Waals surface area contributed by atoms with E-state index in [1.165, 1.54) is 11.3 Å². The van der Waals surface area contributed by atoms with Crippen molar-refractivity contribution in [2.24, 2.45) is 0 Å². The van der Waals surface area contributed by atoms with Crippen molar-refractivity contribution in [3.63, 3.8) is 0 Å². The Hall–Kier alpha value is -3.89. The molecule has 0 radical (unpaired) electrons. The Balaban J connectivity index is 1.82. The van der Waals surface area contributed by atoms with Crippen LogP contribution < -0.4 is 15.8 Å². The molecule has 2 aromatic heterocycles. The van der Waals surface area contributed by atoms with Gasteiger partial charge in [0.1, 0.15) is 16.8 Å². The highest BCUT2D eigenvalue weighted by Crippen LogP contribution is 2.45. The SMILES string of the molecule is COc1ccc(-c2c(-c3ccnc(N)n3)sc(NCc3ccccc3)c2C#N)cc1. The van der Waals surface area contributed by atoms with Gasteiger partial charge in [-0.05, 0) is 29.3 Å². The first-order valence-corrected chi connectivity index (χ1v) is 10.1. The highest BCUT2D eigenvalue weighted by Gasteiger charge is 2.22. The molecule has 0 fully saturated rings. The van der Waals surface area contributed by atoms with Crippen LogP contribution in [0.15, 0.2) is 66.9 Å². The Morgan fingerprint density at radius 3 is 2.53 bits per heavy atom. The number of rotatable bonds is 6. The zero-order chi connectivity index (χ0) is 20.9. The van der Waals surface area contributed by atoms with Gasteiger partial charge in [0, 0.05) is 18.3 Å². The predicted octanol–water partition coefficient (Wildman–Crippen LogP) is 4.95. The topological polar surface area (TPSA) is 96.8 Å². The number of anilines is 2. The lowest BCUT2D eigenvalue weighted by Gasteiger charge is -2.07. The molecule has 4 rings (SSSR count). The number of nitrogens with one attached hydrogen (secondary N) is 1. The Labute approximate surface area is 178 Å². The highest BCUT2D eigenvalue weighted by atomic mass is 32.1. The minimum Gasteiger partial charge on any atom is -0.497 e. The molecule has 0 spiro atoms. The lowest BCUT2D eigenvalue weighted by molar-refractivity contribution is 0.415. The van der Waals surface area contributed by atoms with E-state index in [1.54, 1.807) is 19.4 Å². The molecule has 0 amide bonds. The summed E-state index contributed by atoms with van der Waals surface area (Å²) in [5.41, 5.74) is 9.94. The van der Waals surface area contributed by atoms with Crippen LogP contribution in [0.5, 0.6) is 5.75 Å². The molecule has 0 aliphatic carbocycles. The third-order valence-corrected chi connectivity index (χ3v) is 5.77. The molecule has 0 bridgehead atoms. The number of nitrogen functional groups attached to an aromatic ring is 1. The normalized spacial score (nSPS) is 10.4. The maximum absolute atomic E-state index is 10.0. The van der Waals surface area contributed by atoms with E-state index >= 15 is 0 Å². The van der Waals surface area contributed by atoms with E-state index in [2.05, 4.69) is 21.4 Å². The number of hydrogen-bond acceptors (Lipinski definition) is 7. The quantitative estimate of drug-likeness (QED) is 0.464. The number of aromatic nitrogens is 2. The molecule has 148 valence electrons. The van der Waals surface area contributed by atoms with Gasteiger partial charge in [0.25, 0.3) is 0 Å². The van der Waals surface area contributed by atoms with Crippen LogP contribution in [-0.2, 0) is 6.54 Å². The van der Waals surface area contributed by atoms with Crippen LogP contribution >= 0.6 is 11.3 Å². The van der Waals surface area contributed by atoms with Crippen molar-refractivity contribution in [3.8, 4) is 33.5 Å². The molecule has 0 saturated carbocycles. The summed E-state index contributed by atoms with van der Waals surface area (Å²) >= 11 is 1.49. The van der Waals surface area contributed by atoms with Gasteiger partial charge in [0.15, 0.2) is 0 Å². The number of benzene rings is 2. The van der Waals surface area contributed by atoms with Crippen molar-refractivity contribution in [1.29, 1.82) is 5.26 Å². The van der Waals surface area contributed by atoms with Crippen molar-refractivity contribution >= 4 is 22.3 Å². The van der Waals surface area contributed by atoms with Gasteiger partial charge in [-0.2, -0.15) is 5.26 Å². The Morgan fingerprint density at radius 2 is 1.87 bits per heavy atom. The first-order valence-electron chi connectivity index (χ1n) is 9.27. The molecule has 7 heteroatoms. The van der Waals surface area contributed by atoms with Crippen LogP contribution in [0.4, 0.5) is 10.9 Å². The lowest BCUT2D eigenvalue weighted by Crippen LogP contribution is -1.98. The number of hydrogen-bond donors (Lipinski definition) is 2. The summed E-state index contributed by atoms with van der Waals surface area (Å²) in [6.45, 7) is 0.615. The number of ether oxygens (including phenoxy) is 1. The molecule has 0 atom stereocenters. The van der Waals surface area contributed by atoms with E-state index in [0.717, 1.165) is 32.3 Å². The maximum atomic E-state index is 10.0. The summed E-state index contributed by atoms with van der Waals surface area (Å²) in [7, 11) is 1.63. The molecule has 30 heavy (non-hydrogen) atoms. The third-order valence-electron chi connectivity index (χ3n) is 4.60. The second-order valence-electron chi connectivity index (χ2n) is 6.49. The number of nitriles is 1. The van der Waals surface area contributed by atoms with Gasteiger partial charge in [-0.25, -0.2) is 9.97 Å². The Kier molecular flexibility index (Phi) is 5.59. The van der Waals surface area contributed by atoms with Crippen LogP contribution in [0.1, 0.15) is 11.1 Å². The summed E-state index contributed by atoms with van der Waals surface area (Å²) in [5, 5.41) is 14.2. The second kappa shape index (κ2) is 8.64. The molecular weight excluding hydrogens is 394 g/mol. The summed E-state index contributed by atoms with van der Waals surface area (Å²) in [6.07, 6.45) is 1.62. The van der Waals surface area contributed by atoms with Crippen LogP contribution in [0.3, 0.4) is 0 Å². The fraction of sp³-hybridized carbons (Fsp3) is 0.0870. The van der Waals surface area contributed by atoms with Crippen molar-refractivity contribution < 1.29 is 4.74 Å². The molecule has 0 aliphatic heterocycles. The number of nitrogens with zero attached hydrogens (tertiary/aromatic N) is 3. The van der Waals surface area contributed by atoms with E-state index in [9.17, 15) is 5.26 Å². The standard InChI is InChI=1S/C23H19N5OS/c1-29-17-9-7-16(8-10-17)20-18(13-24)22(27-14-15-5-3-2-4-6-15)30-21(20)19-11-12-26-23(25)28-19/h2-12,27H,14H2,1H3,(H2,25,26,28). The van der Waals surface area contributed by atoms with Gasteiger partial charge in [0.05, 0.1) is 23.2 Å². The minimum atomic E-state index is 0.193. The van der Waals surface area contributed by atoms with Gasteiger partial charge < -0.3 is 15.8 Å². The predicted molar refractivity (Wildman–Crippen MR) is 120 cm³/mol. The molecule has 6 nitrogen and oxygen atoms in total. The molecule has 3 N–H and O–H groups in total. The maximum Gasteiger partial charge on any atom is 0.220 e. The van der Waals surface area contributed by atoms with Gasteiger partial charge in [-0.3, -0.25) is 0 Å². The number of nitrogens with two attached hydrogens (primary N) is 1. The van der Waals surface area contributed by atoms with Crippen molar-refractivity contribution in [2.45, 2.75) is 6.54 Å². The van der Waals surface area contributed by atoms with Gasteiger partial charge in [-0.1, -0.05) is 42.5 Å². The van der Waals surface area contributed by atoms with E-state index in [1.807, 2.05) is 54.6 Å². The average Bonchev–Trinajstić information content (AvgIpc) is 3.17.